The molecule has 112 valence electrons. The second-order valence-corrected chi connectivity index (χ2v) is 4.92. The van der Waals surface area contributed by atoms with Crippen LogP contribution in [-0.2, 0) is 19.2 Å². The van der Waals surface area contributed by atoms with Crippen molar-refractivity contribution in [3.63, 3.8) is 0 Å². The van der Waals surface area contributed by atoms with Gasteiger partial charge in [-0.1, -0.05) is 0 Å². The first kappa shape index (κ1) is 15.9. The molecule has 0 radical (unpaired) electrons. The molecule has 1 aliphatic heterocycles. The molecule has 4 amide bonds. The molecular weight excluding hydrogens is 264 g/mol. The summed E-state index contributed by atoms with van der Waals surface area (Å²) in [5.41, 5.74) is 0. The highest BCUT2D eigenvalue weighted by Gasteiger charge is 2.27. The first-order chi connectivity index (χ1) is 9.22. The lowest BCUT2D eigenvalue weighted by molar-refractivity contribution is -0.135. The first-order valence-corrected chi connectivity index (χ1v) is 6.44. The molecule has 0 bridgehead atoms. The van der Waals surface area contributed by atoms with Gasteiger partial charge in [0.05, 0.1) is 0 Å². The summed E-state index contributed by atoms with van der Waals surface area (Å²) in [6.45, 7) is 6.00. The van der Waals surface area contributed by atoms with Crippen molar-refractivity contribution < 1.29 is 19.2 Å². The maximum atomic E-state index is 11.8. The van der Waals surface area contributed by atoms with Crippen LogP contribution in [0, 0.1) is 0 Å². The van der Waals surface area contributed by atoms with Gasteiger partial charge in [-0.3, -0.25) is 19.2 Å². The Morgan fingerprint density at radius 3 is 0.800 bits per heavy atom. The molecule has 20 heavy (non-hydrogen) atoms. The van der Waals surface area contributed by atoms with E-state index >= 15 is 0 Å². The smallest absolute Gasteiger partial charge is 0.242 e. The van der Waals surface area contributed by atoms with Gasteiger partial charge in [0.2, 0.25) is 23.6 Å². The van der Waals surface area contributed by atoms with E-state index in [1.54, 1.807) is 0 Å². The number of hydrogen-bond acceptors (Lipinski definition) is 4. The molecular formula is C12H20N4O4. The van der Waals surface area contributed by atoms with E-state index in [4.69, 9.17) is 0 Å². The van der Waals surface area contributed by atoms with E-state index in [9.17, 15) is 19.2 Å². The third kappa shape index (κ3) is 3.94. The fourth-order valence-electron chi connectivity index (χ4n) is 1.62. The maximum Gasteiger partial charge on any atom is 0.242 e. The minimum absolute atomic E-state index is 0.465. The van der Waals surface area contributed by atoms with Gasteiger partial charge in [0.15, 0.2) is 0 Å². The average Bonchev–Trinajstić information content (AvgIpc) is 2.36. The lowest BCUT2D eigenvalue weighted by Gasteiger charge is -2.24. The summed E-state index contributed by atoms with van der Waals surface area (Å²) in [5, 5.41) is 9.88. The van der Waals surface area contributed by atoms with Crippen molar-refractivity contribution >= 4 is 23.6 Å². The lowest BCUT2D eigenvalue weighted by atomic mass is 10.2. The predicted molar refractivity (Wildman–Crippen MR) is 70.4 cm³/mol. The number of carbonyl (C=O) groups is 4. The molecule has 1 aliphatic rings. The van der Waals surface area contributed by atoms with Gasteiger partial charge in [0.25, 0.3) is 0 Å². The van der Waals surface area contributed by atoms with Crippen LogP contribution >= 0.6 is 0 Å². The number of carbonyl (C=O) groups excluding carboxylic acids is 4. The minimum atomic E-state index is -0.797. The molecule has 1 fully saturated rings. The summed E-state index contributed by atoms with van der Waals surface area (Å²) in [6, 6.07) is -3.19. The summed E-state index contributed by atoms with van der Waals surface area (Å²) in [6.07, 6.45) is 0. The number of rotatable bonds is 0. The summed E-state index contributed by atoms with van der Waals surface area (Å²) >= 11 is 0. The van der Waals surface area contributed by atoms with Crippen LogP contribution in [0.3, 0.4) is 0 Å². The summed E-state index contributed by atoms with van der Waals surface area (Å²) in [7, 11) is 0. The zero-order chi connectivity index (χ0) is 15.4. The van der Waals surface area contributed by atoms with E-state index in [2.05, 4.69) is 21.3 Å². The SMILES string of the molecule is C[C@@H]1NC(=O)[C@H](C)NC(=O)[C@H](C)NC(=O)[C@H](C)NC1=O. The Kier molecular flexibility index (Phi) is 5.06. The van der Waals surface area contributed by atoms with E-state index in [-0.39, 0.29) is 0 Å². The number of nitrogens with one attached hydrogen (secondary N) is 4. The van der Waals surface area contributed by atoms with Crippen molar-refractivity contribution in [1.82, 2.24) is 21.3 Å². The van der Waals surface area contributed by atoms with Crippen molar-refractivity contribution in [2.75, 3.05) is 0 Å². The second-order valence-electron chi connectivity index (χ2n) is 4.92. The number of amides is 4. The standard InChI is InChI=1S/C12H20N4O4/c1-5-9(17)14-7(3)11(19)16-8(4)12(20)15-6(2)10(18)13-5/h5-8H,1-4H3,(H,13,18)(H,14,17)(H,15,20)(H,16,19)/t5-,6-,7-,8-/m0/s1. The molecule has 1 heterocycles. The Balaban J connectivity index is 2.92. The van der Waals surface area contributed by atoms with Crippen LogP contribution in [0.5, 0.6) is 0 Å². The maximum absolute atomic E-state index is 11.8. The Hall–Kier alpha value is -2.12. The molecule has 8 heteroatoms. The van der Waals surface area contributed by atoms with E-state index < -0.39 is 47.8 Å². The fraction of sp³-hybridized carbons (Fsp3) is 0.667. The van der Waals surface area contributed by atoms with E-state index in [0.717, 1.165) is 0 Å². The van der Waals surface area contributed by atoms with Crippen molar-refractivity contribution in [3.8, 4) is 0 Å². The Labute approximate surface area is 117 Å². The monoisotopic (exact) mass is 284 g/mol. The molecule has 0 aromatic carbocycles. The van der Waals surface area contributed by atoms with Crippen LogP contribution < -0.4 is 21.3 Å². The lowest BCUT2D eigenvalue weighted by Crippen LogP contribution is -2.59. The Bertz CT molecular complexity index is 357. The molecule has 0 aromatic rings. The van der Waals surface area contributed by atoms with Crippen LogP contribution in [0.1, 0.15) is 27.7 Å². The Morgan fingerprint density at radius 1 is 0.500 bits per heavy atom. The quantitative estimate of drug-likeness (QED) is 0.412. The minimum Gasteiger partial charge on any atom is -0.343 e. The van der Waals surface area contributed by atoms with Gasteiger partial charge < -0.3 is 21.3 Å². The Morgan fingerprint density at radius 2 is 0.650 bits per heavy atom. The van der Waals surface area contributed by atoms with E-state index in [1.165, 1.54) is 27.7 Å². The molecule has 4 atom stereocenters. The van der Waals surface area contributed by atoms with E-state index in [1.807, 2.05) is 0 Å². The van der Waals surface area contributed by atoms with Gasteiger partial charge in [-0.15, -0.1) is 0 Å². The van der Waals surface area contributed by atoms with Crippen molar-refractivity contribution in [2.24, 2.45) is 0 Å². The molecule has 1 saturated heterocycles. The highest BCUT2D eigenvalue weighted by atomic mass is 16.2. The van der Waals surface area contributed by atoms with Crippen LogP contribution in [0.25, 0.3) is 0 Å². The molecule has 0 saturated carbocycles. The first-order valence-electron chi connectivity index (χ1n) is 6.44. The van der Waals surface area contributed by atoms with Crippen molar-refractivity contribution in [2.45, 2.75) is 51.9 Å². The van der Waals surface area contributed by atoms with Gasteiger partial charge >= 0.3 is 0 Å². The molecule has 0 aliphatic carbocycles. The molecule has 0 spiro atoms. The van der Waals surface area contributed by atoms with Crippen LogP contribution in [0.4, 0.5) is 0 Å². The van der Waals surface area contributed by atoms with Gasteiger partial charge in [0, 0.05) is 0 Å². The summed E-state index contributed by atoms with van der Waals surface area (Å²) in [4.78, 5) is 47.2. The second kappa shape index (κ2) is 6.36. The molecule has 4 N–H and O–H groups in total. The largest absolute Gasteiger partial charge is 0.343 e. The van der Waals surface area contributed by atoms with Crippen LogP contribution in [0.15, 0.2) is 0 Å². The molecule has 1 rings (SSSR count). The molecule has 8 nitrogen and oxygen atoms in total. The van der Waals surface area contributed by atoms with E-state index in [0.29, 0.717) is 0 Å². The normalized spacial score (nSPS) is 33.0. The van der Waals surface area contributed by atoms with Crippen molar-refractivity contribution in [1.29, 1.82) is 0 Å². The van der Waals surface area contributed by atoms with Gasteiger partial charge in [-0.25, -0.2) is 0 Å². The van der Waals surface area contributed by atoms with Crippen molar-refractivity contribution in [3.05, 3.63) is 0 Å². The zero-order valence-corrected chi connectivity index (χ0v) is 11.9. The van der Waals surface area contributed by atoms with Crippen LogP contribution in [0.2, 0.25) is 0 Å². The van der Waals surface area contributed by atoms with Gasteiger partial charge in [0.1, 0.15) is 24.2 Å². The highest BCUT2D eigenvalue weighted by molar-refractivity contribution is 5.96. The summed E-state index contributed by atoms with van der Waals surface area (Å²) < 4.78 is 0. The fourth-order valence-corrected chi connectivity index (χ4v) is 1.62. The molecule has 0 aromatic heterocycles. The molecule has 0 unspecified atom stereocenters. The van der Waals surface area contributed by atoms with Gasteiger partial charge in [-0.05, 0) is 27.7 Å². The highest BCUT2D eigenvalue weighted by Crippen LogP contribution is 1.94. The third-order valence-corrected chi connectivity index (χ3v) is 3.01. The average molecular weight is 284 g/mol. The van der Waals surface area contributed by atoms with Gasteiger partial charge in [-0.2, -0.15) is 0 Å². The third-order valence-electron chi connectivity index (χ3n) is 3.01. The topological polar surface area (TPSA) is 116 Å². The van der Waals surface area contributed by atoms with Crippen LogP contribution in [-0.4, -0.2) is 47.8 Å². The zero-order valence-electron chi connectivity index (χ0n) is 11.9. The number of hydrogen-bond donors (Lipinski definition) is 4. The summed E-state index contributed by atoms with van der Waals surface area (Å²) in [5.74, 6) is -1.86. The predicted octanol–water partition coefficient (Wildman–Crippen LogP) is -1.98.